The Morgan fingerprint density at radius 1 is 1.24 bits per heavy atom. The molecule has 21 heavy (non-hydrogen) atoms. The van der Waals surface area contributed by atoms with Crippen LogP contribution in [0.15, 0.2) is 24.3 Å². The van der Waals surface area contributed by atoms with E-state index in [1.807, 2.05) is 31.2 Å². The number of methoxy groups -OCH3 is 1. The topological polar surface area (TPSA) is 67.4 Å². The zero-order chi connectivity index (χ0) is 15.3. The second-order valence-corrected chi connectivity index (χ2v) is 7.43. The summed E-state index contributed by atoms with van der Waals surface area (Å²) in [5.41, 5.74) is 1.98. The van der Waals surface area contributed by atoms with Crippen molar-refractivity contribution in [3.05, 3.63) is 35.4 Å². The molecular weight excluding hydrogens is 288 g/mol. The van der Waals surface area contributed by atoms with E-state index in [1.54, 1.807) is 7.11 Å². The maximum Gasteiger partial charge on any atom is 0.215 e. The Morgan fingerprint density at radius 3 is 2.43 bits per heavy atom. The summed E-state index contributed by atoms with van der Waals surface area (Å²) in [6, 6.07) is 8.40. The van der Waals surface area contributed by atoms with Gasteiger partial charge in [-0.25, -0.2) is 13.1 Å². The van der Waals surface area contributed by atoms with Gasteiger partial charge in [0.25, 0.3) is 0 Å². The number of rotatable bonds is 9. The lowest BCUT2D eigenvalue weighted by atomic mass is 10.1. The maximum atomic E-state index is 11.9. The van der Waals surface area contributed by atoms with Gasteiger partial charge in [0.2, 0.25) is 10.0 Å². The molecule has 0 radical (unpaired) electrons. The van der Waals surface area contributed by atoms with E-state index >= 15 is 0 Å². The number of benzene rings is 1. The number of hydrogen-bond acceptors (Lipinski definition) is 4. The van der Waals surface area contributed by atoms with Gasteiger partial charge in [-0.05, 0) is 30.9 Å². The van der Waals surface area contributed by atoms with E-state index in [9.17, 15) is 8.42 Å². The molecule has 1 aromatic rings. The third-order valence-electron chi connectivity index (χ3n) is 3.54. The predicted molar refractivity (Wildman–Crippen MR) is 83.4 cm³/mol. The van der Waals surface area contributed by atoms with E-state index in [0.717, 1.165) is 12.1 Å². The molecule has 1 unspecified atom stereocenters. The molecular formula is C15H24N2O3S. The molecule has 1 saturated carbocycles. The minimum absolute atomic E-state index is 0.000230. The largest absolute Gasteiger partial charge is 0.380 e. The normalized spacial score (nSPS) is 16.9. The summed E-state index contributed by atoms with van der Waals surface area (Å²) in [7, 11) is -1.75. The smallest absolute Gasteiger partial charge is 0.215 e. The van der Waals surface area contributed by atoms with Gasteiger partial charge in [0.05, 0.1) is 11.9 Å². The van der Waals surface area contributed by atoms with Crippen LogP contribution in [0.3, 0.4) is 0 Å². The van der Waals surface area contributed by atoms with Crippen molar-refractivity contribution in [2.75, 3.05) is 13.7 Å². The van der Waals surface area contributed by atoms with Crippen molar-refractivity contribution in [2.24, 2.45) is 0 Å². The third-order valence-corrected chi connectivity index (χ3v) is 4.86. The highest BCUT2D eigenvalue weighted by molar-refractivity contribution is 7.88. The Labute approximate surface area is 127 Å². The molecule has 0 amide bonds. The second kappa shape index (κ2) is 7.35. The summed E-state index contributed by atoms with van der Waals surface area (Å²) in [4.78, 5) is 0. The third kappa shape index (κ3) is 6.13. The SMILES string of the molecule is COC(C)CNS(=O)(=O)Cc1ccc(CNC2CC2)cc1. The van der Waals surface area contributed by atoms with Crippen LogP contribution in [0.5, 0.6) is 0 Å². The zero-order valence-electron chi connectivity index (χ0n) is 12.6. The van der Waals surface area contributed by atoms with Crippen molar-refractivity contribution in [1.82, 2.24) is 10.0 Å². The number of nitrogens with one attached hydrogen (secondary N) is 2. The van der Waals surface area contributed by atoms with Gasteiger partial charge in [0, 0.05) is 26.2 Å². The highest BCUT2D eigenvalue weighted by atomic mass is 32.2. The first-order valence-electron chi connectivity index (χ1n) is 7.30. The minimum atomic E-state index is -3.31. The lowest BCUT2D eigenvalue weighted by Gasteiger charge is -2.11. The molecule has 118 valence electrons. The lowest BCUT2D eigenvalue weighted by molar-refractivity contribution is 0.122. The van der Waals surface area contributed by atoms with Gasteiger partial charge in [-0.3, -0.25) is 0 Å². The van der Waals surface area contributed by atoms with E-state index in [-0.39, 0.29) is 11.9 Å². The van der Waals surface area contributed by atoms with Crippen molar-refractivity contribution in [3.8, 4) is 0 Å². The van der Waals surface area contributed by atoms with E-state index in [2.05, 4.69) is 10.0 Å². The van der Waals surface area contributed by atoms with Gasteiger partial charge in [-0.2, -0.15) is 0 Å². The van der Waals surface area contributed by atoms with Crippen LogP contribution in [0.25, 0.3) is 0 Å². The molecule has 0 aromatic heterocycles. The average Bonchev–Trinajstić information content (AvgIpc) is 3.28. The molecule has 1 atom stereocenters. The summed E-state index contributed by atoms with van der Waals surface area (Å²) < 4.78 is 31.5. The molecule has 5 nitrogen and oxygen atoms in total. The van der Waals surface area contributed by atoms with Crippen molar-refractivity contribution in [3.63, 3.8) is 0 Å². The first-order valence-corrected chi connectivity index (χ1v) is 8.95. The lowest BCUT2D eigenvalue weighted by Crippen LogP contribution is -2.32. The van der Waals surface area contributed by atoms with Crippen LogP contribution in [0.2, 0.25) is 0 Å². The quantitative estimate of drug-likeness (QED) is 0.723. The Hall–Kier alpha value is -0.950. The van der Waals surface area contributed by atoms with Gasteiger partial charge < -0.3 is 10.1 Å². The Morgan fingerprint density at radius 2 is 1.86 bits per heavy atom. The Bertz CT molecular complexity index is 539. The molecule has 1 aliphatic carbocycles. The second-order valence-electron chi connectivity index (χ2n) is 5.63. The van der Waals surface area contributed by atoms with E-state index in [4.69, 9.17) is 4.74 Å². The number of hydrogen-bond donors (Lipinski definition) is 2. The predicted octanol–water partition coefficient (Wildman–Crippen LogP) is 1.39. The van der Waals surface area contributed by atoms with Crippen molar-refractivity contribution < 1.29 is 13.2 Å². The van der Waals surface area contributed by atoms with Gasteiger partial charge in [-0.1, -0.05) is 24.3 Å². The highest BCUT2D eigenvalue weighted by Gasteiger charge is 2.19. The maximum absolute atomic E-state index is 11.9. The molecule has 0 spiro atoms. The summed E-state index contributed by atoms with van der Waals surface area (Å²) in [6.45, 7) is 2.97. The van der Waals surface area contributed by atoms with E-state index in [1.165, 1.54) is 18.4 Å². The van der Waals surface area contributed by atoms with Crippen molar-refractivity contribution in [2.45, 2.75) is 44.2 Å². The van der Waals surface area contributed by atoms with Crippen LogP contribution in [0, 0.1) is 0 Å². The molecule has 0 heterocycles. The average molecular weight is 312 g/mol. The first kappa shape index (κ1) is 16.4. The molecule has 0 bridgehead atoms. The van der Waals surface area contributed by atoms with Crippen molar-refractivity contribution >= 4 is 10.0 Å². The van der Waals surface area contributed by atoms with Crippen LogP contribution in [-0.2, 0) is 27.1 Å². The molecule has 1 fully saturated rings. The molecule has 0 saturated heterocycles. The monoisotopic (exact) mass is 312 g/mol. The van der Waals surface area contributed by atoms with E-state index in [0.29, 0.717) is 12.6 Å². The fourth-order valence-electron chi connectivity index (χ4n) is 1.90. The number of ether oxygens (including phenoxy) is 1. The summed E-state index contributed by atoms with van der Waals surface area (Å²) in [6.07, 6.45) is 2.40. The molecule has 1 aromatic carbocycles. The standard InChI is InChI=1S/C15H24N2O3S/c1-12(20-2)9-17-21(18,19)11-14-5-3-13(4-6-14)10-16-15-7-8-15/h3-6,12,15-17H,7-11H2,1-2H3. The van der Waals surface area contributed by atoms with Gasteiger partial charge >= 0.3 is 0 Å². The van der Waals surface area contributed by atoms with Crippen LogP contribution in [0.4, 0.5) is 0 Å². The van der Waals surface area contributed by atoms with Gasteiger partial charge in [-0.15, -0.1) is 0 Å². The Balaban J connectivity index is 1.83. The number of sulfonamides is 1. The molecule has 6 heteroatoms. The highest BCUT2D eigenvalue weighted by Crippen LogP contribution is 2.19. The van der Waals surface area contributed by atoms with Crippen molar-refractivity contribution in [1.29, 1.82) is 0 Å². The van der Waals surface area contributed by atoms with Crippen LogP contribution < -0.4 is 10.0 Å². The Kier molecular flexibility index (Phi) is 5.75. The minimum Gasteiger partial charge on any atom is -0.380 e. The molecule has 1 aliphatic rings. The van der Waals surface area contributed by atoms with Crippen LogP contribution in [-0.4, -0.2) is 34.2 Å². The fraction of sp³-hybridized carbons (Fsp3) is 0.600. The fourth-order valence-corrected chi connectivity index (χ4v) is 3.12. The molecule has 2 N–H and O–H groups in total. The van der Waals surface area contributed by atoms with E-state index < -0.39 is 10.0 Å². The zero-order valence-corrected chi connectivity index (χ0v) is 13.4. The summed E-state index contributed by atoms with van der Waals surface area (Å²) in [5.74, 6) is -0.000230. The molecule has 2 rings (SSSR count). The summed E-state index contributed by atoms with van der Waals surface area (Å²) >= 11 is 0. The van der Waals surface area contributed by atoms with Gasteiger partial charge in [0.15, 0.2) is 0 Å². The van der Waals surface area contributed by atoms with Crippen LogP contribution in [0.1, 0.15) is 30.9 Å². The molecule has 0 aliphatic heterocycles. The van der Waals surface area contributed by atoms with Crippen LogP contribution >= 0.6 is 0 Å². The first-order chi connectivity index (χ1) is 9.98. The summed E-state index contributed by atoms with van der Waals surface area (Å²) in [5, 5.41) is 3.44. The van der Waals surface area contributed by atoms with Gasteiger partial charge in [0.1, 0.15) is 0 Å².